The van der Waals surface area contributed by atoms with Crippen LogP contribution in [-0.4, -0.2) is 4.57 Å². The van der Waals surface area contributed by atoms with Gasteiger partial charge in [-0.05, 0) is 64.3 Å². The summed E-state index contributed by atoms with van der Waals surface area (Å²) in [5, 5.41) is 0. The maximum absolute atomic E-state index is 6.40. The van der Waals surface area contributed by atoms with E-state index < -0.39 is 0 Å². The monoisotopic (exact) mass is 424 g/mol. The summed E-state index contributed by atoms with van der Waals surface area (Å²) in [7, 11) is 0. The van der Waals surface area contributed by atoms with Crippen LogP contribution in [0, 0.1) is 6.33 Å². The van der Waals surface area contributed by atoms with Crippen molar-refractivity contribution in [3.63, 3.8) is 0 Å². The van der Waals surface area contributed by atoms with Gasteiger partial charge in [0.2, 0.25) is 0 Å². The number of benzene rings is 3. The summed E-state index contributed by atoms with van der Waals surface area (Å²) in [6, 6.07) is 19.7. The van der Waals surface area contributed by atoms with Crippen LogP contribution in [0.2, 0.25) is 0 Å². The zero-order chi connectivity index (χ0) is 22.8. The molecule has 0 N–H and O–H groups in total. The third-order valence-electron chi connectivity index (χ3n) is 6.48. The highest BCUT2D eigenvalue weighted by atomic mass is 16.5. The van der Waals surface area contributed by atoms with Crippen LogP contribution in [0.25, 0.3) is 22.4 Å². The molecule has 0 spiro atoms. The van der Waals surface area contributed by atoms with E-state index in [4.69, 9.17) is 4.74 Å². The number of imidazole rings is 1. The van der Waals surface area contributed by atoms with Crippen LogP contribution in [0.1, 0.15) is 77.0 Å². The van der Waals surface area contributed by atoms with Gasteiger partial charge in [-0.3, -0.25) is 9.13 Å². The molecule has 1 aromatic heterocycles. The molecule has 164 valence electrons. The van der Waals surface area contributed by atoms with Crippen molar-refractivity contribution in [3.05, 3.63) is 77.6 Å². The highest BCUT2D eigenvalue weighted by Gasteiger charge is 2.25. The molecule has 0 aliphatic carbocycles. The Morgan fingerprint density at radius 3 is 2.16 bits per heavy atom. The zero-order valence-corrected chi connectivity index (χ0v) is 20.2. The maximum atomic E-state index is 6.40. The average molecular weight is 425 g/mol. The highest BCUT2D eigenvalue weighted by molar-refractivity contribution is 5.82. The number of aromatic nitrogens is 2. The fourth-order valence-corrected chi connectivity index (χ4v) is 4.39. The minimum absolute atomic E-state index is 0.0650. The number of hydrogen-bond donors (Lipinski definition) is 0. The Balaban J connectivity index is 1.75. The van der Waals surface area contributed by atoms with Gasteiger partial charge in [-0.1, -0.05) is 72.7 Å². The van der Waals surface area contributed by atoms with Gasteiger partial charge < -0.3 is 4.74 Å². The predicted molar refractivity (Wildman–Crippen MR) is 131 cm³/mol. The van der Waals surface area contributed by atoms with Gasteiger partial charge in [0.15, 0.2) is 0 Å². The Morgan fingerprint density at radius 2 is 1.53 bits per heavy atom. The van der Waals surface area contributed by atoms with Gasteiger partial charge in [-0.25, -0.2) is 0 Å². The predicted octanol–water partition coefficient (Wildman–Crippen LogP) is 7.36. The number of ether oxygens (including phenoxy) is 1. The van der Waals surface area contributed by atoms with Crippen molar-refractivity contribution in [2.75, 3.05) is 0 Å². The van der Waals surface area contributed by atoms with Crippen molar-refractivity contribution in [1.82, 2.24) is 4.57 Å². The quantitative estimate of drug-likeness (QED) is 0.219. The molecule has 2 heterocycles. The second-order valence-electron chi connectivity index (χ2n) is 10.6. The van der Waals surface area contributed by atoms with Crippen LogP contribution in [-0.2, 0) is 5.41 Å². The fourth-order valence-electron chi connectivity index (χ4n) is 4.39. The van der Waals surface area contributed by atoms with Crippen LogP contribution in [0.4, 0.5) is 0 Å². The lowest BCUT2D eigenvalue weighted by molar-refractivity contribution is -0.575. The van der Waals surface area contributed by atoms with Gasteiger partial charge in [-0.15, -0.1) is 0 Å². The van der Waals surface area contributed by atoms with Crippen LogP contribution < -0.4 is 9.30 Å². The summed E-state index contributed by atoms with van der Waals surface area (Å²) in [5.41, 5.74) is 8.37. The molecule has 0 atom stereocenters. The Morgan fingerprint density at radius 1 is 0.844 bits per heavy atom. The summed E-state index contributed by atoms with van der Waals surface area (Å²) in [6.45, 7) is 15.7. The van der Waals surface area contributed by atoms with Crippen molar-refractivity contribution in [1.29, 1.82) is 0 Å². The number of rotatable bonds is 3. The first-order valence-corrected chi connectivity index (χ1v) is 11.6. The summed E-state index contributed by atoms with van der Waals surface area (Å²) >= 11 is 0. The van der Waals surface area contributed by atoms with E-state index >= 15 is 0 Å². The average Bonchev–Trinajstić information content (AvgIpc) is 3.14. The molecule has 1 aliphatic rings. The SMILES string of the molecule is CC(C)c1cc(C(C)C)cc(-n2[c-][n+]3c4c(cccc42)Oc2cc(C(C)(C)C)ccc2-3)c1. The highest BCUT2D eigenvalue weighted by Crippen LogP contribution is 2.39. The summed E-state index contributed by atoms with van der Waals surface area (Å²) in [4.78, 5) is 0. The normalized spacial score (nSPS) is 13.0. The first-order valence-electron chi connectivity index (χ1n) is 11.6. The third-order valence-corrected chi connectivity index (χ3v) is 6.48. The fraction of sp³-hybridized carbons (Fsp3) is 0.345. The van der Waals surface area contributed by atoms with E-state index in [2.05, 4.69) is 112 Å². The molecule has 0 unspecified atom stereocenters. The molecular formula is C29H32N2O. The van der Waals surface area contributed by atoms with E-state index in [0.717, 1.165) is 33.9 Å². The van der Waals surface area contributed by atoms with Crippen molar-refractivity contribution in [2.24, 2.45) is 0 Å². The van der Waals surface area contributed by atoms with Crippen molar-refractivity contribution in [2.45, 2.75) is 65.7 Å². The lowest BCUT2D eigenvalue weighted by Crippen LogP contribution is -2.33. The number of nitrogens with zero attached hydrogens (tertiary/aromatic N) is 2. The van der Waals surface area contributed by atoms with Crippen molar-refractivity contribution in [3.8, 4) is 22.9 Å². The van der Waals surface area contributed by atoms with Crippen molar-refractivity contribution < 1.29 is 9.30 Å². The van der Waals surface area contributed by atoms with Gasteiger partial charge in [0.25, 0.3) is 6.33 Å². The molecule has 0 amide bonds. The molecule has 0 saturated heterocycles. The van der Waals surface area contributed by atoms with Gasteiger partial charge >= 0.3 is 0 Å². The molecule has 1 aliphatic heterocycles. The first-order chi connectivity index (χ1) is 15.1. The van der Waals surface area contributed by atoms with Gasteiger partial charge in [0.05, 0.1) is 11.2 Å². The summed E-state index contributed by atoms with van der Waals surface area (Å²) in [5.74, 6) is 2.69. The smallest absolute Gasteiger partial charge is 0.270 e. The Kier molecular flexibility index (Phi) is 4.70. The first kappa shape index (κ1) is 20.8. The summed E-state index contributed by atoms with van der Waals surface area (Å²) in [6.07, 6.45) is 3.65. The van der Waals surface area contributed by atoms with E-state index in [0.29, 0.717) is 11.8 Å². The van der Waals surface area contributed by atoms with E-state index in [9.17, 15) is 0 Å². The molecule has 0 fully saturated rings. The van der Waals surface area contributed by atoms with Crippen LogP contribution in [0.15, 0.2) is 54.6 Å². The van der Waals surface area contributed by atoms with Crippen molar-refractivity contribution >= 4 is 11.0 Å². The third kappa shape index (κ3) is 3.31. The molecule has 0 saturated carbocycles. The minimum Gasteiger partial charge on any atom is -0.465 e. The molecular weight excluding hydrogens is 392 g/mol. The van der Waals surface area contributed by atoms with Gasteiger partial charge in [0.1, 0.15) is 22.7 Å². The number of fused-ring (bicyclic) bond motifs is 2. The van der Waals surface area contributed by atoms with E-state index in [1.54, 1.807) is 0 Å². The lowest BCUT2D eigenvalue weighted by atomic mass is 9.87. The Labute approximate surface area is 191 Å². The summed E-state index contributed by atoms with van der Waals surface area (Å²) < 4.78 is 10.8. The molecule has 3 nitrogen and oxygen atoms in total. The molecule has 0 radical (unpaired) electrons. The second kappa shape index (κ2) is 7.23. The van der Waals surface area contributed by atoms with E-state index in [-0.39, 0.29) is 5.41 Å². The molecule has 3 heteroatoms. The van der Waals surface area contributed by atoms with Crippen LogP contribution >= 0.6 is 0 Å². The van der Waals surface area contributed by atoms with Gasteiger partial charge in [0, 0.05) is 0 Å². The number of hydrogen-bond acceptors (Lipinski definition) is 1. The molecule has 0 bridgehead atoms. The Hall–Kier alpha value is -3.07. The minimum atomic E-state index is 0.0650. The lowest BCUT2D eigenvalue weighted by Gasteiger charge is -2.24. The topological polar surface area (TPSA) is 18.0 Å². The van der Waals surface area contributed by atoms with Crippen LogP contribution in [0.3, 0.4) is 0 Å². The maximum Gasteiger partial charge on any atom is 0.270 e. The van der Waals surface area contributed by atoms with E-state index in [1.807, 2.05) is 6.07 Å². The largest absolute Gasteiger partial charge is 0.465 e. The Bertz CT molecular complexity index is 1310. The second-order valence-corrected chi connectivity index (χ2v) is 10.6. The molecule has 32 heavy (non-hydrogen) atoms. The standard InChI is InChI=1S/C29H32N2O/c1-18(2)20-13-21(19(3)4)15-23(14-20)30-17-31-24-12-11-22(29(5,6)7)16-27(24)32-26-10-8-9-25(30)28(26)31/h8-16,18-19H,1-7H3. The number of para-hydroxylation sites is 1. The molecule has 4 aromatic rings. The van der Waals surface area contributed by atoms with E-state index in [1.165, 1.54) is 16.7 Å². The molecule has 5 rings (SSSR count). The van der Waals surface area contributed by atoms with Crippen LogP contribution in [0.5, 0.6) is 11.5 Å². The zero-order valence-electron chi connectivity index (χ0n) is 20.2. The molecule has 3 aromatic carbocycles. The van der Waals surface area contributed by atoms with Gasteiger partial charge in [-0.2, -0.15) is 0 Å².